The summed E-state index contributed by atoms with van der Waals surface area (Å²) in [6.07, 6.45) is 2.17. The Morgan fingerprint density at radius 3 is 2.77 bits per heavy atom. The third-order valence-electron chi connectivity index (χ3n) is 5.55. The molecule has 134 valence electrons. The van der Waals surface area contributed by atoms with Gasteiger partial charge in [0.15, 0.2) is 5.69 Å². The third-order valence-corrected chi connectivity index (χ3v) is 5.55. The van der Waals surface area contributed by atoms with Crippen molar-refractivity contribution in [2.75, 3.05) is 13.1 Å². The van der Waals surface area contributed by atoms with Gasteiger partial charge < -0.3 is 4.90 Å². The highest BCUT2D eigenvalue weighted by Crippen LogP contribution is 2.30. The molecule has 0 radical (unpaired) electrons. The Kier molecular flexibility index (Phi) is 4.27. The number of carbonyl (C=O) groups excluding carboxylic acids is 1. The van der Waals surface area contributed by atoms with E-state index in [1.165, 1.54) is 11.1 Å². The molecule has 2 aromatic carbocycles. The molecule has 3 aromatic rings. The predicted octanol–water partition coefficient (Wildman–Crippen LogP) is 4.21. The fourth-order valence-electron chi connectivity index (χ4n) is 4.15. The lowest BCUT2D eigenvalue weighted by atomic mass is 9.88. The first-order valence-electron chi connectivity index (χ1n) is 9.33. The molecule has 4 nitrogen and oxygen atoms in total. The van der Waals surface area contributed by atoms with Crippen molar-refractivity contribution in [3.05, 3.63) is 64.8 Å². The van der Waals surface area contributed by atoms with Crippen LogP contribution in [0.25, 0.3) is 10.9 Å². The summed E-state index contributed by atoms with van der Waals surface area (Å²) in [4.78, 5) is 15.2. The zero-order valence-electron chi connectivity index (χ0n) is 15.7. The van der Waals surface area contributed by atoms with E-state index < -0.39 is 0 Å². The fraction of sp³-hybridized carbons (Fsp3) is 0.364. The maximum atomic E-state index is 13.3. The van der Waals surface area contributed by atoms with Gasteiger partial charge in [0.25, 0.3) is 5.91 Å². The summed E-state index contributed by atoms with van der Waals surface area (Å²) >= 11 is 0. The maximum Gasteiger partial charge on any atom is 0.275 e. The topological polar surface area (TPSA) is 38.1 Å². The molecular weight excluding hydrogens is 322 g/mol. The fourth-order valence-corrected chi connectivity index (χ4v) is 4.15. The summed E-state index contributed by atoms with van der Waals surface area (Å²) in [6, 6.07) is 14.7. The molecule has 1 fully saturated rings. The average molecular weight is 347 g/mol. The quantitative estimate of drug-likeness (QED) is 0.696. The van der Waals surface area contributed by atoms with Crippen LogP contribution < -0.4 is 0 Å². The van der Waals surface area contributed by atoms with Crippen LogP contribution in [0.4, 0.5) is 0 Å². The molecule has 1 aliphatic heterocycles. The van der Waals surface area contributed by atoms with Crippen LogP contribution in [0.3, 0.4) is 0 Å². The molecule has 0 bridgehead atoms. The third kappa shape index (κ3) is 2.90. The van der Waals surface area contributed by atoms with Crippen molar-refractivity contribution in [1.82, 2.24) is 14.7 Å². The Hall–Kier alpha value is -2.62. The highest BCUT2D eigenvalue weighted by Gasteiger charge is 2.28. The van der Waals surface area contributed by atoms with Crippen molar-refractivity contribution < 1.29 is 4.79 Å². The normalized spacial score (nSPS) is 17.7. The van der Waals surface area contributed by atoms with Gasteiger partial charge in [-0.3, -0.25) is 9.48 Å². The number of amides is 1. The molecule has 4 rings (SSSR count). The minimum atomic E-state index is 0.0551. The number of benzene rings is 2. The van der Waals surface area contributed by atoms with Crippen LogP contribution >= 0.6 is 0 Å². The van der Waals surface area contributed by atoms with Crippen molar-refractivity contribution in [2.45, 2.75) is 32.6 Å². The molecular formula is C22H25N3O. The number of fused-ring (bicyclic) bond motifs is 1. The molecule has 0 unspecified atom stereocenters. The molecule has 0 aliphatic carbocycles. The standard InChI is InChI=1S/C22H25N3O/c1-15-10-11-20-19(13-15)21(23-24(20)3)22(26)25-12-6-8-17(14-25)18-9-5-4-7-16(18)2/h4-5,7,9-11,13,17H,6,8,12,14H2,1-3H3/t17-/m1/s1. The van der Waals surface area contributed by atoms with Crippen molar-refractivity contribution in [3.63, 3.8) is 0 Å². The second-order valence-corrected chi connectivity index (χ2v) is 7.44. The zero-order valence-corrected chi connectivity index (χ0v) is 15.7. The van der Waals surface area contributed by atoms with Crippen LogP contribution in [-0.2, 0) is 7.05 Å². The molecule has 26 heavy (non-hydrogen) atoms. The lowest BCUT2D eigenvalue weighted by Crippen LogP contribution is -2.39. The number of hydrogen-bond acceptors (Lipinski definition) is 2. The van der Waals surface area contributed by atoms with Crippen LogP contribution in [0.15, 0.2) is 42.5 Å². The van der Waals surface area contributed by atoms with Crippen molar-refractivity contribution in [1.29, 1.82) is 0 Å². The average Bonchev–Trinajstić information content (AvgIpc) is 2.97. The van der Waals surface area contributed by atoms with Crippen LogP contribution in [0.1, 0.15) is 45.9 Å². The van der Waals surface area contributed by atoms with E-state index in [1.54, 1.807) is 0 Å². The molecule has 1 saturated heterocycles. The van der Waals surface area contributed by atoms with E-state index >= 15 is 0 Å². The second kappa shape index (κ2) is 6.60. The van der Waals surface area contributed by atoms with Gasteiger partial charge in [0.2, 0.25) is 0 Å². The minimum absolute atomic E-state index is 0.0551. The first kappa shape index (κ1) is 16.8. The first-order valence-corrected chi connectivity index (χ1v) is 9.33. The highest BCUT2D eigenvalue weighted by molar-refractivity contribution is 6.05. The van der Waals surface area contributed by atoms with E-state index in [9.17, 15) is 4.79 Å². The van der Waals surface area contributed by atoms with Gasteiger partial charge in [-0.25, -0.2) is 0 Å². The molecule has 0 saturated carbocycles. The Morgan fingerprint density at radius 1 is 1.15 bits per heavy atom. The lowest BCUT2D eigenvalue weighted by Gasteiger charge is -2.33. The number of aryl methyl sites for hydroxylation is 3. The van der Waals surface area contributed by atoms with E-state index in [1.807, 2.05) is 22.7 Å². The number of piperidine rings is 1. The summed E-state index contributed by atoms with van der Waals surface area (Å²) in [7, 11) is 1.90. The molecule has 0 spiro atoms. The van der Waals surface area contributed by atoms with Crippen LogP contribution in [0, 0.1) is 13.8 Å². The SMILES string of the molecule is Cc1ccc2c(c1)c(C(=O)N1CCC[C@@H](c3ccccc3C)C1)nn2C. The summed E-state index contributed by atoms with van der Waals surface area (Å²) < 4.78 is 1.81. The van der Waals surface area contributed by atoms with E-state index in [0.29, 0.717) is 11.6 Å². The molecule has 1 amide bonds. The minimum Gasteiger partial charge on any atom is -0.337 e. The molecule has 1 aliphatic rings. The summed E-state index contributed by atoms with van der Waals surface area (Å²) in [5, 5.41) is 5.50. The number of carbonyl (C=O) groups is 1. The van der Waals surface area contributed by atoms with Crippen LogP contribution in [0.5, 0.6) is 0 Å². The van der Waals surface area contributed by atoms with Crippen LogP contribution in [-0.4, -0.2) is 33.7 Å². The van der Waals surface area contributed by atoms with Gasteiger partial charge in [-0.15, -0.1) is 0 Å². The first-order chi connectivity index (χ1) is 12.5. The van der Waals surface area contributed by atoms with Gasteiger partial charge in [0.1, 0.15) is 0 Å². The molecule has 1 atom stereocenters. The van der Waals surface area contributed by atoms with Gasteiger partial charge in [0, 0.05) is 31.4 Å². The highest BCUT2D eigenvalue weighted by atomic mass is 16.2. The smallest absolute Gasteiger partial charge is 0.275 e. The van der Waals surface area contributed by atoms with Gasteiger partial charge in [-0.05, 0) is 49.9 Å². The van der Waals surface area contributed by atoms with Gasteiger partial charge in [0.05, 0.1) is 5.52 Å². The largest absolute Gasteiger partial charge is 0.337 e. The molecule has 0 N–H and O–H groups in total. The van der Waals surface area contributed by atoms with Crippen molar-refractivity contribution in [2.24, 2.45) is 7.05 Å². The van der Waals surface area contributed by atoms with E-state index in [-0.39, 0.29) is 5.91 Å². The molecule has 2 heterocycles. The molecule has 4 heteroatoms. The van der Waals surface area contributed by atoms with Gasteiger partial charge >= 0.3 is 0 Å². The number of rotatable bonds is 2. The Labute approximate surface area is 154 Å². The van der Waals surface area contributed by atoms with E-state index in [0.717, 1.165) is 42.4 Å². The van der Waals surface area contributed by atoms with Gasteiger partial charge in [-0.2, -0.15) is 5.10 Å². The summed E-state index contributed by atoms with van der Waals surface area (Å²) in [5.41, 5.74) is 5.41. The number of hydrogen-bond donors (Lipinski definition) is 0. The van der Waals surface area contributed by atoms with E-state index in [4.69, 9.17) is 0 Å². The summed E-state index contributed by atoms with van der Waals surface area (Å²) in [6.45, 7) is 5.79. The number of likely N-dealkylation sites (tertiary alicyclic amines) is 1. The Balaban J connectivity index is 1.64. The van der Waals surface area contributed by atoms with Crippen molar-refractivity contribution in [3.8, 4) is 0 Å². The van der Waals surface area contributed by atoms with Gasteiger partial charge in [-0.1, -0.05) is 35.9 Å². The number of nitrogens with zero attached hydrogens (tertiary/aromatic N) is 3. The summed E-state index contributed by atoms with van der Waals surface area (Å²) in [5.74, 6) is 0.463. The predicted molar refractivity (Wildman–Crippen MR) is 105 cm³/mol. The lowest BCUT2D eigenvalue weighted by molar-refractivity contribution is 0.0702. The monoisotopic (exact) mass is 347 g/mol. The van der Waals surface area contributed by atoms with Crippen LogP contribution in [0.2, 0.25) is 0 Å². The van der Waals surface area contributed by atoms with E-state index in [2.05, 4.69) is 55.3 Å². The Bertz CT molecular complexity index is 973. The van der Waals surface area contributed by atoms with Crippen molar-refractivity contribution >= 4 is 16.8 Å². The Morgan fingerprint density at radius 2 is 1.96 bits per heavy atom. The maximum absolute atomic E-state index is 13.3. The molecule has 1 aromatic heterocycles. The number of aromatic nitrogens is 2. The zero-order chi connectivity index (χ0) is 18.3. The second-order valence-electron chi connectivity index (χ2n) is 7.44.